The van der Waals surface area contributed by atoms with Gasteiger partial charge in [0.1, 0.15) is 0 Å². The largest absolute Gasteiger partial charge is 0.399 e. The second kappa shape index (κ2) is 7.06. The highest BCUT2D eigenvalue weighted by Gasteiger charge is 2.26. The van der Waals surface area contributed by atoms with Crippen molar-refractivity contribution in [3.63, 3.8) is 0 Å². The molecule has 0 radical (unpaired) electrons. The quantitative estimate of drug-likeness (QED) is 0.622. The Kier molecular flexibility index (Phi) is 5.13. The van der Waals surface area contributed by atoms with Crippen molar-refractivity contribution in [2.24, 2.45) is 0 Å². The number of amides is 3. The first-order valence-electron chi connectivity index (χ1n) is 6.65. The summed E-state index contributed by atoms with van der Waals surface area (Å²) in [6.07, 6.45) is 0. The average Bonchev–Trinajstić information content (AvgIpc) is 2.49. The molecule has 0 bridgehead atoms. The van der Waals surface area contributed by atoms with Crippen molar-refractivity contribution in [3.05, 3.63) is 53.0 Å². The molecule has 0 aliphatic heterocycles. The molecular formula is C16H14BrN3O3. The number of anilines is 3. The van der Waals surface area contributed by atoms with Crippen molar-refractivity contribution in [1.29, 1.82) is 0 Å². The molecule has 0 spiro atoms. The molecule has 2 rings (SSSR count). The number of nitrogens with two attached hydrogens (primary N) is 1. The van der Waals surface area contributed by atoms with Crippen LogP contribution in [0.3, 0.4) is 0 Å². The number of nitrogen functional groups attached to an aromatic ring is 1. The summed E-state index contributed by atoms with van der Waals surface area (Å²) in [7, 11) is 0. The molecule has 6 nitrogen and oxygen atoms in total. The fourth-order valence-electron chi connectivity index (χ4n) is 1.92. The first kappa shape index (κ1) is 16.7. The van der Waals surface area contributed by atoms with Gasteiger partial charge in [0.25, 0.3) is 0 Å². The van der Waals surface area contributed by atoms with Crippen molar-refractivity contribution >= 4 is 50.7 Å². The number of nitrogens with one attached hydrogen (secondary N) is 1. The van der Waals surface area contributed by atoms with Gasteiger partial charge in [0.2, 0.25) is 5.91 Å². The normalized spacial score (nSPS) is 10.0. The molecule has 3 amide bonds. The zero-order valence-corrected chi connectivity index (χ0v) is 13.8. The topological polar surface area (TPSA) is 92.5 Å². The van der Waals surface area contributed by atoms with E-state index < -0.39 is 17.7 Å². The molecule has 0 aromatic heterocycles. The summed E-state index contributed by atoms with van der Waals surface area (Å²) in [5.74, 6) is -2.44. The molecular weight excluding hydrogens is 362 g/mol. The number of hydrogen-bond donors (Lipinski definition) is 2. The minimum absolute atomic E-state index is 0.279. The summed E-state index contributed by atoms with van der Waals surface area (Å²) in [5.41, 5.74) is 6.79. The fraction of sp³-hybridized carbons (Fsp3) is 0.0625. The van der Waals surface area contributed by atoms with E-state index in [1.165, 1.54) is 19.1 Å². The number of imide groups is 1. The minimum atomic E-state index is -0.970. The number of rotatable bonds is 2. The lowest BCUT2D eigenvalue weighted by molar-refractivity contribution is -0.136. The molecule has 118 valence electrons. The summed E-state index contributed by atoms with van der Waals surface area (Å²) in [6, 6.07) is 12.9. The van der Waals surface area contributed by atoms with Crippen LogP contribution in [0.5, 0.6) is 0 Å². The van der Waals surface area contributed by atoms with Gasteiger partial charge in [0.05, 0.1) is 5.69 Å². The Morgan fingerprint density at radius 2 is 1.74 bits per heavy atom. The minimum Gasteiger partial charge on any atom is -0.399 e. The monoisotopic (exact) mass is 375 g/mol. The number of hydrogen-bond acceptors (Lipinski definition) is 4. The molecule has 0 aliphatic carbocycles. The summed E-state index contributed by atoms with van der Waals surface area (Å²) < 4.78 is 0.754. The van der Waals surface area contributed by atoms with Crippen LogP contribution in [-0.4, -0.2) is 17.7 Å². The Labute approximate surface area is 141 Å². The van der Waals surface area contributed by atoms with Crippen LogP contribution in [0, 0.1) is 0 Å². The third-order valence-corrected chi connectivity index (χ3v) is 3.44. The van der Waals surface area contributed by atoms with Crippen LogP contribution in [0.2, 0.25) is 0 Å². The lowest BCUT2D eigenvalue weighted by Crippen LogP contribution is -2.42. The second-order valence-corrected chi connectivity index (χ2v) is 5.63. The van der Waals surface area contributed by atoms with Gasteiger partial charge in [-0.05, 0) is 42.5 Å². The molecule has 0 unspecified atom stereocenters. The molecule has 0 fully saturated rings. The van der Waals surface area contributed by atoms with Crippen molar-refractivity contribution in [2.45, 2.75) is 6.92 Å². The first-order chi connectivity index (χ1) is 10.9. The number of carbonyl (C=O) groups excluding carboxylic acids is 3. The van der Waals surface area contributed by atoms with Crippen molar-refractivity contribution < 1.29 is 14.4 Å². The Morgan fingerprint density at radius 1 is 1.09 bits per heavy atom. The average molecular weight is 376 g/mol. The predicted molar refractivity (Wildman–Crippen MR) is 91.8 cm³/mol. The molecule has 0 aliphatic rings. The molecule has 2 aromatic rings. The number of nitrogens with zero attached hydrogens (tertiary/aromatic N) is 1. The van der Waals surface area contributed by atoms with Crippen molar-refractivity contribution in [1.82, 2.24) is 0 Å². The van der Waals surface area contributed by atoms with Gasteiger partial charge in [-0.3, -0.25) is 14.4 Å². The number of benzene rings is 2. The van der Waals surface area contributed by atoms with Crippen molar-refractivity contribution in [3.8, 4) is 0 Å². The van der Waals surface area contributed by atoms with Gasteiger partial charge in [0, 0.05) is 22.8 Å². The van der Waals surface area contributed by atoms with Crippen molar-refractivity contribution in [2.75, 3.05) is 16.0 Å². The highest BCUT2D eigenvalue weighted by Crippen LogP contribution is 2.19. The maximum Gasteiger partial charge on any atom is 0.323 e. The van der Waals surface area contributed by atoms with E-state index in [4.69, 9.17) is 5.73 Å². The predicted octanol–water partition coefficient (Wildman–Crippen LogP) is 2.55. The molecule has 7 heteroatoms. The van der Waals surface area contributed by atoms with E-state index in [0.717, 1.165) is 9.37 Å². The molecule has 23 heavy (non-hydrogen) atoms. The van der Waals surface area contributed by atoms with Gasteiger partial charge in [-0.15, -0.1) is 0 Å². The highest BCUT2D eigenvalue weighted by atomic mass is 79.9. The van der Waals surface area contributed by atoms with Gasteiger partial charge < -0.3 is 11.1 Å². The standard InChI is InChI=1S/C16H14BrN3O3/c1-10(21)20(14-7-5-12(18)6-8-14)16(23)15(22)19-13-4-2-3-11(17)9-13/h2-9H,18H2,1H3,(H,19,22). The van der Waals surface area contributed by atoms with E-state index in [1.807, 2.05) is 0 Å². The Morgan fingerprint density at radius 3 is 2.30 bits per heavy atom. The van der Waals surface area contributed by atoms with Gasteiger partial charge >= 0.3 is 11.8 Å². The number of halogens is 1. The molecule has 3 N–H and O–H groups in total. The van der Waals surface area contributed by atoms with E-state index >= 15 is 0 Å². The summed E-state index contributed by atoms with van der Waals surface area (Å²) in [5, 5.41) is 2.46. The maximum atomic E-state index is 12.3. The van der Waals surface area contributed by atoms with Gasteiger partial charge in [0.15, 0.2) is 0 Å². The van der Waals surface area contributed by atoms with Crippen LogP contribution < -0.4 is 16.0 Å². The van der Waals surface area contributed by atoms with E-state index in [0.29, 0.717) is 11.4 Å². The summed E-state index contributed by atoms with van der Waals surface area (Å²) in [4.78, 5) is 37.0. The zero-order chi connectivity index (χ0) is 17.0. The Hall–Kier alpha value is -2.67. The summed E-state index contributed by atoms with van der Waals surface area (Å²) >= 11 is 3.27. The fourth-order valence-corrected chi connectivity index (χ4v) is 2.32. The lowest BCUT2D eigenvalue weighted by atomic mass is 10.2. The van der Waals surface area contributed by atoms with Crippen LogP contribution in [0.1, 0.15) is 6.92 Å². The molecule has 0 heterocycles. The number of carbonyl (C=O) groups is 3. The summed E-state index contributed by atoms with van der Waals surface area (Å²) in [6.45, 7) is 1.21. The van der Waals surface area contributed by atoms with E-state index in [2.05, 4.69) is 21.2 Å². The Balaban J connectivity index is 2.22. The van der Waals surface area contributed by atoms with Gasteiger partial charge in [-0.25, -0.2) is 4.90 Å². The third kappa shape index (κ3) is 4.17. The first-order valence-corrected chi connectivity index (χ1v) is 7.45. The van der Waals surface area contributed by atoms with Crippen LogP contribution in [-0.2, 0) is 14.4 Å². The highest BCUT2D eigenvalue weighted by molar-refractivity contribution is 9.10. The van der Waals surface area contributed by atoms with E-state index in [9.17, 15) is 14.4 Å². The second-order valence-electron chi connectivity index (χ2n) is 4.72. The molecule has 0 atom stereocenters. The van der Waals surface area contributed by atoms with Crippen LogP contribution in [0.15, 0.2) is 53.0 Å². The maximum absolute atomic E-state index is 12.3. The smallest absolute Gasteiger partial charge is 0.323 e. The Bertz CT molecular complexity index is 759. The lowest BCUT2D eigenvalue weighted by Gasteiger charge is -2.18. The van der Waals surface area contributed by atoms with Gasteiger partial charge in [-0.2, -0.15) is 0 Å². The van der Waals surface area contributed by atoms with E-state index in [1.54, 1.807) is 36.4 Å². The van der Waals surface area contributed by atoms with Crippen LogP contribution in [0.4, 0.5) is 17.1 Å². The molecule has 0 saturated carbocycles. The van der Waals surface area contributed by atoms with E-state index in [-0.39, 0.29) is 5.69 Å². The molecule has 0 saturated heterocycles. The van der Waals surface area contributed by atoms with Gasteiger partial charge in [-0.1, -0.05) is 22.0 Å². The van der Waals surface area contributed by atoms with Crippen LogP contribution >= 0.6 is 15.9 Å². The molecule has 2 aromatic carbocycles. The van der Waals surface area contributed by atoms with Crippen LogP contribution in [0.25, 0.3) is 0 Å². The SMILES string of the molecule is CC(=O)N(C(=O)C(=O)Nc1cccc(Br)c1)c1ccc(N)cc1. The third-order valence-electron chi connectivity index (χ3n) is 2.95. The zero-order valence-electron chi connectivity index (χ0n) is 12.2.